The summed E-state index contributed by atoms with van der Waals surface area (Å²) in [5.74, 6) is 0. The van der Waals surface area contributed by atoms with Gasteiger partial charge >= 0.3 is 0 Å². The molecule has 0 atom stereocenters. The van der Waals surface area contributed by atoms with Gasteiger partial charge in [0.25, 0.3) is 0 Å². The van der Waals surface area contributed by atoms with Crippen LogP contribution in [0, 0.1) is 13.8 Å². The average molecular weight is 1050 g/mol. The Hall–Kier alpha value is -9.76. The van der Waals surface area contributed by atoms with Gasteiger partial charge in [-0.3, -0.25) is 0 Å². The number of nitrogens with zero attached hydrogens (tertiary/aromatic N) is 2. The number of fused-ring (bicyclic) bond motifs is 6. The minimum Gasteiger partial charge on any atom is -0.310 e. The van der Waals surface area contributed by atoms with E-state index in [0.717, 1.165) is 34.1 Å². The van der Waals surface area contributed by atoms with Gasteiger partial charge in [-0.1, -0.05) is 246 Å². The lowest BCUT2D eigenvalue weighted by Crippen LogP contribution is -2.17. The summed E-state index contributed by atoms with van der Waals surface area (Å²) in [5, 5.41) is 0. The van der Waals surface area contributed by atoms with Crippen molar-refractivity contribution in [2.45, 2.75) is 52.4 Å². The second-order valence-corrected chi connectivity index (χ2v) is 23.4. The van der Waals surface area contributed by atoms with E-state index in [2.05, 4.69) is 330 Å². The standard InChI is InChI=1S/C80H64N2/c1-53-49-61(41-47-75(53)81(63-43-45-69-67-27-13-17-29-71(67)79(3,4)73(69)51-63)77-31-19-15-25-65(77)59-37-33-57(34-38-59)55-21-9-7-10-22-55)62-42-48-76(54(2)50-62)82(64-44-46-70-68-28-14-18-30-72(68)80(5,6)74(70)52-64)78-32-20-16-26-66(78)60-39-35-58(36-40-60)56-23-11-8-12-24-56/h7-52H,1-6H3. The normalized spacial score (nSPS) is 13.2. The first-order chi connectivity index (χ1) is 40.0. The Labute approximate surface area is 483 Å². The lowest BCUT2D eigenvalue weighted by molar-refractivity contribution is 0.660. The summed E-state index contributed by atoms with van der Waals surface area (Å²) in [6, 6.07) is 103. The van der Waals surface area contributed by atoms with E-state index in [1.54, 1.807) is 0 Å². The molecule has 2 nitrogen and oxygen atoms in total. The Morgan fingerprint density at radius 3 is 0.915 bits per heavy atom. The van der Waals surface area contributed by atoms with Crippen molar-refractivity contribution in [3.63, 3.8) is 0 Å². The first kappa shape index (κ1) is 50.5. The lowest BCUT2D eigenvalue weighted by Gasteiger charge is -2.31. The number of para-hydroxylation sites is 2. The van der Waals surface area contributed by atoms with Gasteiger partial charge in [0.1, 0.15) is 0 Å². The first-order valence-electron chi connectivity index (χ1n) is 28.8. The molecule has 2 aliphatic rings. The van der Waals surface area contributed by atoms with Gasteiger partial charge in [-0.05, 0) is 175 Å². The molecule has 394 valence electrons. The van der Waals surface area contributed by atoms with Crippen LogP contribution in [0.25, 0.3) is 77.9 Å². The quantitative estimate of drug-likeness (QED) is 0.127. The van der Waals surface area contributed by atoms with Crippen LogP contribution in [0.5, 0.6) is 0 Å². The van der Waals surface area contributed by atoms with E-state index >= 15 is 0 Å². The minimum atomic E-state index is -0.155. The Balaban J connectivity index is 0.871. The van der Waals surface area contributed by atoms with Crippen LogP contribution in [-0.2, 0) is 10.8 Å². The van der Waals surface area contributed by atoms with E-state index in [9.17, 15) is 0 Å². The van der Waals surface area contributed by atoms with E-state index in [-0.39, 0.29) is 10.8 Å². The largest absolute Gasteiger partial charge is 0.310 e. The van der Waals surface area contributed by atoms with Crippen LogP contribution in [0.4, 0.5) is 34.1 Å². The van der Waals surface area contributed by atoms with Crippen molar-refractivity contribution in [3.8, 4) is 77.9 Å². The highest BCUT2D eigenvalue weighted by molar-refractivity contribution is 5.95. The van der Waals surface area contributed by atoms with Crippen molar-refractivity contribution in [1.29, 1.82) is 0 Å². The van der Waals surface area contributed by atoms with E-state index in [1.807, 2.05) is 0 Å². The van der Waals surface area contributed by atoms with Crippen LogP contribution in [-0.4, -0.2) is 0 Å². The zero-order valence-corrected chi connectivity index (χ0v) is 47.5. The van der Waals surface area contributed by atoms with Gasteiger partial charge in [-0.15, -0.1) is 0 Å². The molecule has 82 heavy (non-hydrogen) atoms. The van der Waals surface area contributed by atoms with Crippen molar-refractivity contribution < 1.29 is 0 Å². The van der Waals surface area contributed by atoms with Gasteiger partial charge in [0, 0.05) is 44.7 Å². The highest BCUT2D eigenvalue weighted by Gasteiger charge is 2.37. The van der Waals surface area contributed by atoms with Gasteiger partial charge < -0.3 is 9.80 Å². The third kappa shape index (κ3) is 8.57. The predicted octanol–water partition coefficient (Wildman–Crippen LogP) is 22.2. The van der Waals surface area contributed by atoms with Crippen LogP contribution in [0.1, 0.15) is 61.1 Å². The molecule has 0 aromatic heterocycles. The summed E-state index contributed by atoms with van der Waals surface area (Å²) < 4.78 is 0. The summed E-state index contributed by atoms with van der Waals surface area (Å²) in [6.45, 7) is 14.0. The molecule has 2 heteroatoms. The highest BCUT2D eigenvalue weighted by atomic mass is 15.2. The highest BCUT2D eigenvalue weighted by Crippen LogP contribution is 2.54. The topological polar surface area (TPSA) is 6.48 Å². The molecule has 14 rings (SSSR count). The average Bonchev–Trinajstić information content (AvgIpc) is 4.02. The van der Waals surface area contributed by atoms with Gasteiger partial charge in [0.15, 0.2) is 0 Å². The number of benzene rings is 12. The molecule has 0 fully saturated rings. The van der Waals surface area contributed by atoms with Gasteiger partial charge in [0.2, 0.25) is 0 Å². The van der Waals surface area contributed by atoms with Crippen LogP contribution in [0.15, 0.2) is 279 Å². The second kappa shape index (κ2) is 20.1. The zero-order chi connectivity index (χ0) is 55.7. The fraction of sp³-hybridized carbons (Fsp3) is 0.100. The van der Waals surface area contributed by atoms with Crippen molar-refractivity contribution in [1.82, 2.24) is 0 Å². The molecule has 0 N–H and O–H groups in total. The monoisotopic (exact) mass is 1050 g/mol. The second-order valence-electron chi connectivity index (χ2n) is 23.4. The fourth-order valence-corrected chi connectivity index (χ4v) is 13.4. The molecule has 0 saturated carbocycles. The number of hydrogen-bond acceptors (Lipinski definition) is 2. The number of rotatable bonds is 11. The van der Waals surface area contributed by atoms with E-state index in [1.165, 1.54) is 111 Å². The van der Waals surface area contributed by atoms with E-state index in [0.29, 0.717) is 0 Å². The molecule has 0 heterocycles. The summed E-state index contributed by atoms with van der Waals surface area (Å²) >= 11 is 0. The molecular weight excluding hydrogens is 989 g/mol. The Bertz CT molecular complexity index is 4110. The lowest BCUT2D eigenvalue weighted by atomic mass is 9.82. The van der Waals surface area contributed by atoms with E-state index in [4.69, 9.17) is 0 Å². The summed E-state index contributed by atoms with van der Waals surface area (Å²) in [4.78, 5) is 4.99. The number of anilines is 6. The van der Waals surface area contributed by atoms with Crippen LogP contribution < -0.4 is 9.80 Å². The maximum absolute atomic E-state index is 2.49. The maximum atomic E-state index is 2.49. The molecule has 0 amide bonds. The number of hydrogen-bond donors (Lipinski definition) is 0. The summed E-state index contributed by atoms with van der Waals surface area (Å²) in [7, 11) is 0. The van der Waals surface area contributed by atoms with Crippen molar-refractivity contribution >= 4 is 34.1 Å². The molecule has 0 unspecified atom stereocenters. The predicted molar refractivity (Wildman–Crippen MR) is 348 cm³/mol. The Morgan fingerprint density at radius 2 is 0.524 bits per heavy atom. The molecule has 0 spiro atoms. The fourth-order valence-electron chi connectivity index (χ4n) is 13.4. The van der Waals surface area contributed by atoms with Gasteiger partial charge in [-0.2, -0.15) is 0 Å². The van der Waals surface area contributed by atoms with Crippen LogP contribution in [0.3, 0.4) is 0 Å². The van der Waals surface area contributed by atoms with Gasteiger partial charge in [0.05, 0.1) is 11.4 Å². The maximum Gasteiger partial charge on any atom is 0.0540 e. The van der Waals surface area contributed by atoms with E-state index < -0.39 is 0 Å². The molecule has 2 aliphatic carbocycles. The molecule has 0 radical (unpaired) electrons. The Kier molecular flexibility index (Phi) is 12.4. The third-order valence-corrected chi connectivity index (χ3v) is 17.8. The van der Waals surface area contributed by atoms with Crippen LogP contribution in [0.2, 0.25) is 0 Å². The SMILES string of the molecule is Cc1cc(-c2ccc(N(c3ccc4c(c3)C(C)(C)c3ccccc3-4)c3ccccc3-c3ccc(-c4ccccc4)cc3)c(C)c2)ccc1N(c1ccc2c(c1)C(C)(C)c1ccccc1-2)c1ccccc1-c1ccc(-c2ccccc2)cc1. The molecule has 0 aliphatic heterocycles. The smallest absolute Gasteiger partial charge is 0.0540 e. The molecule has 0 bridgehead atoms. The minimum absolute atomic E-state index is 0.155. The molecular formula is C80H64N2. The molecule has 12 aromatic rings. The molecule has 12 aromatic carbocycles. The van der Waals surface area contributed by atoms with Crippen LogP contribution >= 0.6 is 0 Å². The summed E-state index contributed by atoms with van der Waals surface area (Å²) in [5.41, 5.74) is 31.4. The van der Waals surface area contributed by atoms with Crippen molar-refractivity contribution in [2.75, 3.05) is 9.80 Å². The van der Waals surface area contributed by atoms with Crippen molar-refractivity contribution in [3.05, 3.63) is 312 Å². The molecule has 0 saturated heterocycles. The summed E-state index contributed by atoms with van der Waals surface area (Å²) in [6.07, 6.45) is 0. The van der Waals surface area contributed by atoms with Gasteiger partial charge in [-0.25, -0.2) is 0 Å². The number of aryl methyl sites for hydroxylation is 2. The Morgan fingerprint density at radius 1 is 0.220 bits per heavy atom. The van der Waals surface area contributed by atoms with Crippen molar-refractivity contribution in [2.24, 2.45) is 0 Å². The zero-order valence-electron chi connectivity index (χ0n) is 47.5. The third-order valence-electron chi connectivity index (χ3n) is 17.8. The first-order valence-corrected chi connectivity index (χ1v) is 28.8.